The van der Waals surface area contributed by atoms with E-state index >= 15 is 4.39 Å². The van der Waals surface area contributed by atoms with Gasteiger partial charge >= 0.3 is 6.09 Å². The highest BCUT2D eigenvalue weighted by molar-refractivity contribution is 6.01. The molecule has 4 rings (SSSR count). The standard InChI is InChI=1S/C20H20FN3O3/c1-11(2)9-27-20(25)24-8-6-13-15(24)4-3-12(18(13)21)14-10-26-16-5-7-23-19(22)17(14)16/h3-5,7,10-11H,6,8-9H2,1-2H3,(H2,22,23). The van der Waals surface area contributed by atoms with Gasteiger partial charge in [0.1, 0.15) is 17.2 Å². The molecule has 0 atom stereocenters. The number of rotatable bonds is 3. The summed E-state index contributed by atoms with van der Waals surface area (Å²) in [4.78, 5) is 17.8. The number of hydrogen-bond acceptors (Lipinski definition) is 5. The topological polar surface area (TPSA) is 81.6 Å². The highest BCUT2D eigenvalue weighted by Crippen LogP contribution is 2.40. The molecule has 2 N–H and O–H groups in total. The van der Waals surface area contributed by atoms with Gasteiger partial charge in [-0.1, -0.05) is 13.8 Å². The lowest BCUT2D eigenvalue weighted by atomic mass is 10.0. The van der Waals surface area contributed by atoms with Crippen molar-refractivity contribution >= 4 is 28.6 Å². The van der Waals surface area contributed by atoms with E-state index in [2.05, 4.69) is 4.98 Å². The van der Waals surface area contributed by atoms with Crippen LogP contribution < -0.4 is 10.6 Å². The summed E-state index contributed by atoms with van der Waals surface area (Å²) < 4.78 is 26.1. The van der Waals surface area contributed by atoms with Crippen LogP contribution in [0.5, 0.6) is 0 Å². The highest BCUT2D eigenvalue weighted by atomic mass is 19.1. The first kappa shape index (κ1) is 17.3. The highest BCUT2D eigenvalue weighted by Gasteiger charge is 2.30. The van der Waals surface area contributed by atoms with Crippen LogP contribution in [0.15, 0.2) is 35.1 Å². The van der Waals surface area contributed by atoms with E-state index in [1.165, 1.54) is 11.2 Å². The second-order valence-corrected chi connectivity index (χ2v) is 7.02. The Balaban J connectivity index is 1.72. The molecule has 1 aliphatic heterocycles. The van der Waals surface area contributed by atoms with Crippen molar-refractivity contribution in [3.8, 4) is 11.1 Å². The Kier molecular flexibility index (Phi) is 4.22. The molecule has 0 spiro atoms. The zero-order valence-electron chi connectivity index (χ0n) is 15.2. The second-order valence-electron chi connectivity index (χ2n) is 7.02. The van der Waals surface area contributed by atoms with E-state index in [1.54, 1.807) is 24.4 Å². The minimum Gasteiger partial charge on any atom is -0.463 e. The van der Waals surface area contributed by atoms with Gasteiger partial charge < -0.3 is 14.9 Å². The number of carbonyl (C=O) groups is 1. The molecular formula is C20H20FN3O3. The number of halogens is 1. The van der Waals surface area contributed by atoms with Crippen molar-refractivity contribution in [3.63, 3.8) is 0 Å². The minimum atomic E-state index is -0.447. The minimum absolute atomic E-state index is 0.239. The zero-order valence-corrected chi connectivity index (χ0v) is 15.2. The Bertz CT molecular complexity index is 1030. The first-order chi connectivity index (χ1) is 13.0. The molecule has 1 aromatic carbocycles. The van der Waals surface area contributed by atoms with Crippen LogP contribution in [0.25, 0.3) is 22.1 Å². The number of anilines is 2. The van der Waals surface area contributed by atoms with E-state index in [0.29, 0.717) is 52.9 Å². The summed E-state index contributed by atoms with van der Waals surface area (Å²) in [6.45, 7) is 4.65. The van der Waals surface area contributed by atoms with Gasteiger partial charge in [0.2, 0.25) is 0 Å². The van der Waals surface area contributed by atoms with E-state index in [0.717, 1.165) is 0 Å². The number of pyridine rings is 1. The van der Waals surface area contributed by atoms with Crippen LogP contribution in [0.3, 0.4) is 0 Å². The smallest absolute Gasteiger partial charge is 0.414 e. The number of hydrogen-bond donors (Lipinski definition) is 1. The third-order valence-corrected chi connectivity index (χ3v) is 4.66. The lowest BCUT2D eigenvalue weighted by Crippen LogP contribution is -2.30. The molecule has 0 radical (unpaired) electrons. The van der Waals surface area contributed by atoms with E-state index < -0.39 is 6.09 Å². The fourth-order valence-corrected chi connectivity index (χ4v) is 3.37. The molecule has 1 aliphatic rings. The maximum Gasteiger partial charge on any atom is 0.414 e. The van der Waals surface area contributed by atoms with Crippen molar-refractivity contribution in [1.29, 1.82) is 0 Å². The fourth-order valence-electron chi connectivity index (χ4n) is 3.37. The molecule has 7 heteroatoms. The first-order valence-electron chi connectivity index (χ1n) is 8.85. The van der Waals surface area contributed by atoms with E-state index in [4.69, 9.17) is 14.9 Å². The van der Waals surface area contributed by atoms with Gasteiger partial charge in [-0.3, -0.25) is 4.90 Å². The number of nitrogen functional groups attached to an aromatic ring is 1. The van der Waals surface area contributed by atoms with E-state index in [9.17, 15) is 4.79 Å². The summed E-state index contributed by atoms with van der Waals surface area (Å²) in [6.07, 6.45) is 3.01. The molecule has 140 valence electrons. The van der Waals surface area contributed by atoms with Crippen LogP contribution in [0.4, 0.5) is 20.7 Å². The van der Waals surface area contributed by atoms with Crippen molar-refractivity contribution in [2.24, 2.45) is 5.92 Å². The van der Waals surface area contributed by atoms with Gasteiger partial charge in [-0.25, -0.2) is 14.2 Å². The van der Waals surface area contributed by atoms with Gasteiger partial charge in [-0.15, -0.1) is 0 Å². The Labute approximate surface area is 155 Å². The van der Waals surface area contributed by atoms with Gasteiger partial charge in [0.05, 0.1) is 23.9 Å². The summed E-state index contributed by atoms with van der Waals surface area (Å²) in [5, 5.41) is 0.586. The van der Waals surface area contributed by atoms with Crippen LogP contribution >= 0.6 is 0 Å². The molecule has 3 aromatic rings. The third-order valence-electron chi connectivity index (χ3n) is 4.66. The van der Waals surface area contributed by atoms with Crippen molar-refractivity contribution in [2.75, 3.05) is 23.8 Å². The van der Waals surface area contributed by atoms with Crippen molar-refractivity contribution in [3.05, 3.63) is 42.0 Å². The van der Waals surface area contributed by atoms with Crippen LogP contribution in [0.1, 0.15) is 19.4 Å². The number of aromatic nitrogens is 1. The summed E-state index contributed by atoms with van der Waals surface area (Å²) >= 11 is 0. The number of fused-ring (bicyclic) bond motifs is 2. The van der Waals surface area contributed by atoms with Crippen LogP contribution in [0, 0.1) is 11.7 Å². The molecule has 0 saturated carbocycles. The molecule has 3 heterocycles. The Morgan fingerprint density at radius 1 is 1.37 bits per heavy atom. The van der Waals surface area contributed by atoms with Crippen LogP contribution in [-0.2, 0) is 11.2 Å². The molecule has 0 bridgehead atoms. The summed E-state index contributed by atoms with van der Waals surface area (Å²) in [5.74, 6) is 0.149. The first-order valence-corrected chi connectivity index (χ1v) is 8.85. The summed E-state index contributed by atoms with van der Waals surface area (Å²) in [5.41, 5.74) is 8.48. The van der Waals surface area contributed by atoms with E-state index in [1.807, 2.05) is 13.8 Å². The van der Waals surface area contributed by atoms with Crippen LogP contribution in [0.2, 0.25) is 0 Å². The largest absolute Gasteiger partial charge is 0.463 e. The van der Waals surface area contributed by atoms with Gasteiger partial charge in [0, 0.05) is 29.4 Å². The second kappa shape index (κ2) is 6.57. The average Bonchev–Trinajstić information content (AvgIpc) is 3.25. The zero-order chi connectivity index (χ0) is 19.1. The van der Waals surface area contributed by atoms with Gasteiger partial charge in [0.15, 0.2) is 0 Å². The molecule has 0 aliphatic carbocycles. The predicted octanol–water partition coefficient (Wildman–Crippen LogP) is 4.37. The normalized spacial score (nSPS) is 13.4. The fraction of sp³-hybridized carbons (Fsp3) is 0.300. The summed E-state index contributed by atoms with van der Waals surface area (Å²) in [6, 6.07) is 5.06. The Morgan fingerprint density at radius 2 is 2.19 bits per heavy atom. The lowest BCUT2D eigenvalue weighted by molar-refractivity contribution is 0.140. The number of nitrogens with zero attached hydrogens (tertiary/aromatic N) is 2. The molecule has 6 nitrogen and oxygen atoms in total. The molecule has 2 aromatic heterocycles. The SMILES string of the molecule is CC(C)COC(=O)N1CCc2c1ccc(-c1coc3ccnc(N)c13)c2F. The number of amides is 1. The predicted molar refractivity (Wildman–Crippen MR) is 101 cm³/mol. The van der Waals surface area contributed by atoms with Gasteiger partial charge in [-0.2, -0.15) is 0 Å². The van der Waals surface area contributed by atoms with Crippen molar-refractivity contribution in [2.45, 2.75) is 20.3 Å². The maximum atomic E-state index is 15.3. The van der Waals surface area contributed by atoms with Crippen molar-refractivity contribution in [1.82, 2.24) is 4.98 Å². The quantitative estimate of drug-likeness (QED) is 0.741. The maximum absolute atomic E-state index is 15.3. The van der Waals surface area contributed by atoms with Gasteiger partial charge in [0.25, 0.3) is 0 Å². The average molecular weight is 369 g/mol. The monoisotopic (exact) mass is 369 g/mol. The number of benzene rings is 1. The molecule has 27 heavy (non-hydrogen) atoms. The molecule has 0 saturated heterocycles. The number of carbonyl (C=O) groups excluding carboxylic acids is 1. The number of nitrogens with two attached hydrogens (primary N) is 1. The van der Waals surface area contributed by atoms with Crippen LogP contribution in [-0.4, -0.2) is 24.2 Å². The number of ether oxygens (including phenoxy) is 1. The van der Waals surface area contributed by atoms with Gasteiger partial charge in [-0.05, 0) is 30.5 Å². The molecule has 1 amide bonds. The molecule has 0 fully saturated rings. The lowest BCUT2D eigenvalue weighted by Gasteiger charge is -2.18. The van der Waals surface area contributed by atoms with Crippen molar-refractivity contribution < 1.29 is 18.3 Å². The Morgan fingerprint density at radius 3 is 2.96 bits per heavy atom. The Hall–Kier alpha value is -3.09. The third kappa shape index (κ3) is 2.89. The number of furan rings is 1. The summed E-state index contributed by atoms with van der Waals surface area (Å²) in [7, 11) is 0. The molecular weight excluding hydrogens is 349 g/mol. The molecule has 0 unspecified atom stereocenters. The van der Waals surface area contributed by atoms with E-state index in [-0.39, 0.29) is 17.6 Å².